The lowest BCUT2D eigenvalue weighted by Crippen LogP contribution is -2.38. The number of para-hydroxylation sites is 1. The molecule has 0 N–H and O–H groups in total. The zero-order valence-corrected chi connectivity index (χ0v) is 39.2. The summed E-state index contributed by atoms with van der Waals surface area (Å²) in [5.74, 6) is 0.226. The van der Waals surface area contributed by atoms with Crippen molar-refractivity contribution in [2.24, 2.45) is 0 Å². The van der Waals surface area contributed by atoms with Crippen molar-refractivity contribution in [3.63, 3.8) is 0 Å². The molecule has 67 heavy (non-hydrogen) atoms. The van der Waals surface area contributed by atoms with E-state index in [-0.39, 0.29) is 22.8 Å². The average molecular weight is 879 g/mol. The number of nitrogens with zero attached hydrogens (tertiary/aromatic N) is 2. The molecule has 322 valence electrons. The highest BCUT2D eigenvalue weighted by Gasteiger charge is 2.51. The molecule has 2 unspecified atom stereocenters. The summed E-state index contributed by atoms with van der Waals surface area (Å²) in [6.07, 6.45) is 11.9. The molecule has 0 amide bonds. The summed E-state index contributed by atoms with van der Waals surface area (Å²) in [5, 5.41) is 4.03. The maximum atomic E-state index is 2.65. The molecule has 0 saturated heterocycles. The highest BCUT2D eigenvalue weighted by Crippen LogP contribution is 2.61. The van der Waals surface area contributed by atoms with Crippen LogP contribution in [0, 0.1) is 0 Å². The molecule has 0 fully saturated rings. The molecule has 2 atom stereocenters. The van der Waals surface area contributed by atoms with E-state index in [0.717, 1.165) is 18.5 Å². The van der Waals surface area contributed by atoms with Crippen molar-refractivity contribution in [2.45, 2.75) is 63.3 Å². The summed E-state index contributed by atoms with van der Waals surface area (Å²) < 4.78 is 1.39. The van der Waals surface area contributed by atoms with E-state index < -0.39 is 0 Å². The second-order valence-corrected chi connectivity index (χ2v) is 21.4. The first kappa shape index (κ1) is 39.0. The first-order valence-electron chi connectivity index (χ1n) is 24.1. The van der Waals surface area contributed by atoms with Gasteiger partial charge in [-0.15, -0.1) is 11.3 Å². The van der Waals surface area contributed by atoms with Crippen LogP contribution in [0.25, 0.3) is 54.8 Å². The van der Waals surface area contributed by atoms with E-state index in [0.29, 0.717) is 0 Å². The number of allylic oxidation sites excluding steroid dienone is 3. The number of hydrogen-bond donors (Lipinski definition) is 0. The monoisotopic (exact) mass is 878 g/mol. The van der Waals surface area contributed by atoms with Gasteiger partial charge in [-0.3, -0.25) is 0 Å². The van der Waals surface area contributed by atoms with Gasteiger partial charge in [-0.05, 0) is 145 Å². The normalized spacial score (nSPS) is 18.7. The van der Waals surface area contributed by atoms with Crippen LogP contribution < -0.4 is 9.80 Å². The standard InChI is InChI=1S/C64H50N2S/c1-63(2)54-23-12-10-19-47(54)48-32-30-43(37-55(48)63)65(42-28-25-40(26-29-42)46-21-14-22-52-50-20-11-13-24-58(50)67-62(46)52)44-31-33-49-51-34-35-53-59-45-18-9-8-15-39(45)27-36-57(59)66(41-16-6-5-7-17-41)61(53)60(51)64(3,4)56(49)38-44/h5-12,14-23,25-38,53,61H,13,24H2,1-4H3. The van der Waals surface area contributed by atoms with Crippen LogP contribution in [-0.2, 0) is 17.3 Å². The lowest BCUT2D eigenvalue weighted by atomic mass is 9.72. The lowest BCUT2D eigenvalue weighted by molar-refractivity contribution is 0.553. The molecule has 0 saturated carbocycles. The number of anilines is 5. The third-order valence-corrected chi connectivity index (χ3v) is 17.4. The van der Waals surface area contributed by atoms with Gasteiger partial charge in [-0.2, -0.15) is 0 Å². The fourth-order valence-electron chi connectivity index (χ4n) is 12.9. The summed E-state index contributed by atoms with van der Waals surface area (Å²) in [4.78, 5) is 6.67. The first-order chi connectivity index (χ1) is 32.8. The fourth-order valence-corrected chi connectivity index (χ4v) is 14.3. The molecule has 9 aromatic rings. The second-order valence-electron chi connectivity index (χ2n) is 20.3. The van der Waals surface area contributed by atoms with E-state index in [4.69, 9.17) is 0 Å². The Morgan fingerprint density at radius 1 is 0.567 bits per heavy atom. The van der Waals surface area contributed by atoms with Crippen molar-refractivity contribution in [3.8, 4) is 22.3 Å². The minimum atomic E-state index is -0.246. The van der Waals surface area contributed by atoms with Crippen LogP contribution in [0.1, 0.15) is 78.3 Å². The SMILES string of the molecule is CC1(C)C2=C(C=CC3c4c(ccc5ccccc45)N(c4ccccc4)C23)c2ccc(N(c3ccc(-c4cccc5c6c(sc45)CCC=C6)cc3)c3ccc4c(c3)C(C)(C)c3ccccc3-4)cc21. The van der Waals surface area contributed by atoms with E-state index in [1.165, 1.54) is 115 Å². The van der Waals surface area contributed by atoms with Gasteiger partial charge in [0.15, 0.2) is 0 Å². The quantitative estimate of drug-likeness (QED) is 0.170. The molecule has 2 nitrogen and oxygen atoms in total. The maximum absolute atomic E-state index is 2.65. The van der Waals surface area contributed by atoms with Crippen LogP contribution in [-0.4, -0.2) is 6.04 Å². The van der Waals surface area contributed by atoms with Gasteiger partial charge in [0.1, 0.15) is 0 Å². The molecule has 2 heterocycles. The van der Waals surface area contributed by atoms with E-state index >= 15 is 0 Å². The number of hydrogen-bond acceptors (Lipinski definition) is 3. The van der Waals surface area contributed by atoms with Crippen molar-refractivity contribution >= 4 is 72.3 Å². The highest BCUT2D eigenvalue weighted by molar-refractivity contribution is 7.20. The van der Waals surface area contributed by atoms with E-state index in [9.17, 15) is 0 Å². The van der Waals surface area contributed by atoms with Crippen molar-refractivity contribution in [3.05, 3.63) is 232 Å². The Morgan fingerprint density at radius 3 is 2.09 bits per heavy atom. The van der Waals surface area contributed by atoms with Crippen molar-refractivity contribution < 1.29 is 0 Å². The Hall–Kier alpha value is -7.20. The molecule has 0 radical (unpaired) electrons. The molecule has 0 spiro atoms. The molecule has 3 heteroatoms. The van der Waals surface area contributed by atoms with Gasteiger partial charge in [0, 0.05) is 60.1 Å². The van der Waals surface area contributed by atoms with E-state index in [2.05, 4.69) is 232 Å². The Labute approximate surface area is 397 Å². The number of fused-ring (bicyclic) bond motifs is 14. The van der Waals surface area contributed by atoms with Gasteiger partial charge in [-0.25, -0.2) is 0 Å². The molecule has 1 aromatic heterocycles. The molecule has 1 aliphatic heterocycles. The maximum Gasteiger partial charge on any atom is 0.0673 e. The molecule has 5 aliphatic rings. The molecule has 4 aliphatic carbocycles. The Kier molecular flexibility index (Phi) is 8.24. The number of thiophene rings is 1. The predicted octanol–water partition coefficient (Wildman–Crippen LogP) is 17.4. The van der Waals surface area contributed by atoms with Crippen LogP contribution in [0.15, 0.2) is 194 Å². The summed E-state index contributed by atoms with van der Waals surface area (Å²) in [6.45, 7) is 9.73. The van der Waals surface area contributed by atoms with Crippen LogP contribution in [0.3, 0.4) is 0 Å². The number of rotatable bonds is 5. The van der Waals surface area contributed by atoms with Crippen LogP contribution in [0.2, 0.25) is 0 Å². The van der Waals surface area contributed by atoms with Gasteiger partial charge in [0.2, 0.25) is 0 Å². The Bertz CT molecular complexity index is 3650. The minimum absolute atomic E-state index is 0.119. The molecule has 14 rings (SSSR count). The zero-order chi connectivity index (χ0) is 44.8. The molecular weight excluding hydrogens is 829 g/mol. The summed E-state index contributed by atoms with van der Waals surface area (Å²) >= 11 is 1.98. The van der Waals surface area contributed by atoms with Gasteiger partial charge >= 0.3 is 0 Å². The smallest absolute Gasteiger partial charge is 0.0673 e. The first-order valence-corrected chi connectivity index (χ1v) is 24.9. The average Bonchev–Trinajstić information content (AvgIpc) is 4.05. The van der Waals surface area contributed by atoms with Crippen molar-refractivity contribution in [1.82, 2.24) is 0 Å². The number of benzene rings is 8. The van der Waals surface area contributed by atoms with Gasteiger partial charge in [0.25, 0.3) is 0 Å². The van der Waals surface area contributed by atoms with Crippen LogP contribution in [0.5, 0.6) is 0 Å². The van der Waals surface area contributed by atoms with Gasteiger partial charge in [0.05, 0.1) is 6.04 Å². The Morgan fingerprint density at radius 2 is 1.25 bits per heavy atom. The highest BCUT2D eigenvalue weighted by atomic mass is 32.1. The van der Waals surface area contributed by atoms with Crippen molar-refractivity contribution in [2.75, 3.05) is 9.80 Å². The second kappa shape index (κ2) is 14.2. The summed E-state index contributed by atoms with van der Waals surface area (Å²) in [7, 11) is 0. The topological polar surface area (TPSA) is 6.48 Å². The van der Waals surface area contributed by atoms with Crippen molar-refractivity contribution in [1.29, 1.82) is 0 Å². The molecule has 0 bridgehead atoms. The van der Waals surface area contributed by atoms with Gasteiger partial charge < -0.3 is 9.80 Å². The largest absolute Gasteiger partial charge is 0.333 e. The Balaban J connectivity index is 0.908. The minimum Gasteiger partial charge on any atom is -0.333 e. The third kappa shape index (κ3) is 5.50. The summed E-state index contributed by atoms with van der Waals surface area (Å²) in [5.41, 5.74) is 22.2. The predicted molar refractivity (Wildman–Crippen MR) is 285 cm³/mol. The summed E-state index contributed by atoms with van der Waals surface area (Å²) in [6, 6.07) is 64.6. The van der Waals surface area contributed by atoms with E-state index in [1.54, 1.807) is 0 Å². The van der Waals surface area contributed by atoms with E-state index in [1.807, 2.05) is 11.3 Å². The lowest BCUT2D eigenvalue weighted by Gasteiger charge is -2.39. The van der Waals surface area contributed by atoms with Crippen LogP contribution in [0.4, 0.5) is 28.4 Å². The fraction of sp³-hybridized carbons (Fsp3) is 0.156. The zero-order valence-electron chi connectivity index (χ0n) is 38.3. The number of aryl methyl sites for hydroxylation is 1. The van der Waals surface area contributed by atoms with Crippen LogP contribution >= 0.6 is 11.3 Å². The molecular formula is C64H50N2S. The van der Waals surface area contributed by atoms with Gasteiger partial charge in [-0.1, -0.05) is 167 Å². The molecule has 8 aromatic carbocycles. The third-order valence-electron chi connectivity index (χ3n) is 16.1.